The normalized spacial score (nSPS) is 12.5. The molecule has 0 saturated heterocycles. The smallest absolute Gasteiger partial charge is 0.251 e. The maximum Gasteiger partial charge on any atom is 0.251 e. The summed E-state index contributed by atoms with van der Waals surface area (Å²) in [6.07, 6.45) is 0.847. The first-order valence-electron chi connectivity index (χ1n) is 6.24. The average Bonchev–Trinajstić information content (AvgIpc) is 2.31. The standard InChI is InChI=1S/C14H22N2O2/c1-9(2)6-12(8-15)16-14(18)11-5-4-10(3)13(17)7-11/h4-5,7,9,12,17H,6,8,15H2,1-3H3,(H,16,18). The molecule has 4 nitrogen and oxygen atoms in total. The number of carbonyl (C=O) groups excluding carboxylic acids is 1. The van der Waals surface area contributed by atoms with Crippen molar-refractivity contribution in [2.75, 3.05) is 6.54 Å². The van der Waals surface area contributed by atoms with Gasteiger partial charge in [-0.3, -0.25) is 4.79 Å². The number of rotatable bonds is 5. The zero-order chi connectivity index (χ0) is 13.7. The summed E-state index contributed by atoms with van der Waals surface area (Å²) in [5.74, 6) is 0.419. The largest absolute Gasteiger partial charge is 0.508 e. The fraction of sp³-hybridized carbons (Fsp3) is 0.500. The van der Waals surface area contributed by atoms with Crippen LogP contribution in [0.15, 0.2) is 18.2 Å². The van der Waals surface area contributed by atoms with Gasteiger partial charge in [0.2, 0.25) is 0 Å². The first kappa shape index (κ1) is 14.5. The Kier molecular flexibility index (Phi) is 5.16. The second kappa shape index (κ2) is 6.40. The van der Waals surface area contributed by atoms with Crippen molar-refractivity contribution in [1.29, 1.82) is 0 Å². The first-order chi connectivity index (χ1) is 8.43. The summed E-state index contributed by atoms with van der Waals surface area (Å²) in [5, 5.41) is 12.5. The molecule has 0 saturated carbocycles. The van der Waals surface area contributed by atoms with Crippen LogP contribution in [0.4, 0.5) is 0 Å². The van der Waals surface area contributed by atoms with Crippen LogP contribution in [0.3, 0.4) is 0 Å². The molecular weight excluding hydrogens is 228 g/mol. The number of nitrogens with one attached hydrogen (secondary N) is 1. The van der Waals surface area contributed by atoms with Gasteiger partial charge in [0, 0.05) is 18.2 Å². The molecule has 0 radical (unpaired) electrons. The fourth-order valence-electron chi connectivity index (χ4n) is 1.80. The molecule has 1 unspecified atom stereocenters. The number of hydrogen-bond acceptors (Lipinski definition) is 3. The highest BCUT2D eigenvalue weighted by atomic mass is 16.3. The highest BCUT2D eigenvalue weighted by molar-refractivity contribution is 5.94. The van der Waals surface area contributed by atoms with E-state index in [1.807, 2.05) is 0 Å². The van der Waals surface area contributed by atoms with E-state index in [1.54, 1.807) is 19.1 Å². The quantitative estimate of drug-likeness (QED) is 0.746. The maximum absolute atomic E-state index is 12.0. The van der Waals surface area contributed by atoms with E-state index in [2.05, 4.69) is 19.2 Å². The molecule has 1 atom stereocenters. The third-order valence-corrected chi connectivity index (χ3v) is 2.85. The van der Waals surface area contributed by atoms with E-state index in [4.69, 9.17) is 5.73 Å². The van der Waals surface area contributed by atoms with Crippen LogP contribution in [0.25, 0.3) is 0 Å². The number of carbonyl (C=O) groups is 1. The van der Waals surface area contributed by atoms with Crippen molar-refractivity contribution in [1.82, 2.24) is 5.32 Å². The number of aromatic hydroxyl groups is 1. The van der Waals surface area contributed by atoms with Crippen LogP contribution >= 0.6 is 0 Å². The molecule has 1 amide bonds. The Labute approximate surface area is 108 Å². The Balaban J connectivity index is 2.71. The lowest BCUT2D eigenvalue weighted by Crippen LogP contribution is -2.41. The molecule has 18 heavy (non-hydrogen) atoms. The van der Waals surface area contributed by atoms with Crippen molar-refractivity contribution >= 4 is 5.91 Å². The lowest BCUT2D eigenvalue weighted by molar-refractivity contribution is 0.0933. The highest BCUT2D eigenvalue weighted by Crippen LogP contribution is 2.17. The molecule has 0 aromatic heterocycles. The van der Waals surface area contributed by atoms with E-state index in [0.717, 1.165) is 12.0 Å². The maximum atomic E-state index is 12.0. The van der Waals surface area contributed by atoms with Crippen molar-refractivity contribution in [3.05, 3.63) is 29.3 Å². The minimum atomic E-state index is -0.193. The minimum absolute atomic E-state index is 0.0269. The molecule has 4 heteroatoms. The second-order valence-corrected chi connectivity index (χ2v) is 5.04. The van der Waals surface area contributed by atoms with Gasteiger partial charge in [-0.15, -0.1) is 0 Å². The van der Waals surface area contributed by atoms with Crippen LogP contribution in [0.5, 0.6) is 5.75 Å². The van der Waals surface area contributed by atoms with Gasteiger partial charge in [-0.05, 0) is 37.0 Å². The van der Waals surface area contributed by atoms with Gasteiger partial charge in [0.05, 0.1) is 0 Å². The van der Waals surface area contributed by atoms with E-state index in [0.29, 0.717) is 18.0 Å². The summed E-state index contributed by atoms with van der Waals surface area (Å²) < 4.78 is 0. The van der Waals surface area contributed by atoms with Crippen molar-refractivity contribution in [3.63, 3.8) is 0 Å². The Morgan fingerprint density at radius 2 is 2.11 bits per heavy atom. The van der Waals surface area contributed by atoms with Crippen LogP contribution in [-0.2, 0) is 0 Å². The van der Waals surface area contributed by atoms with E-state index in [-0.39, 0.29) is 17.7 Å². The summed E-state index contributed by atoms with van der Waals surface area (Å²) in [6, 6.07) is 4.88. The van der Waals surface area contributed by atoms with Crippen molar-refractivity contribution in [2.45, 2.75) is 33.2 Å². The molecule has 0 aliphatic rings. The predicted molar refractivity (Wildman–Crippen MR) is 72.6 cm³/mol. The van der Waals surface area contributed by atoms with Crippen LogP contribution in [0.1, 0.15) is 36.2 Å². The van der Waals surface area contributed by atoms with Crippen LogP contribution < -0.4 is 11.1 Å². The van der Waals surface area contributed by atoms with Crippen LogP contribution in [0, 0.1) is 12.8 Å². The Hall–Kier alpha value is -1.55. The number of hydrogen-bond donors (Lipinski definition) is 3. The topological polar surface area (TPSA) is 75.4 Å². The van der Waals surface area contributed by atoms with Gasteiger partial charge in [0.1, 0.15) is 5.75 Å². The fourth-order valence-corrected chi connectivity index (χ4v) is 1.80. The van der Waals surface area contributed by atoms with Gasteiger partial charge in [-0.25, -0.2) is 0 Å². The molecule has 100 valence electrons. The Bertz CT molecular complexity index is 416. The molecule has 1 aromatic carbocycles. The summed E-state index contributed by atoms with van der Waals surface area (Å²) in [7, 11) is 0. The van der Waals surface area contributed by atoms with Crippen LogP contribution in [0.2, 0.25) is 0 Å². The number of aryl methyl sites for hydroxylation is 1. The number of phenolic OH excluding ortho intramolecular Hbond substituents is 1. The summed E-state index contributed by atoms with van der Waals surface area (Å²) in [6.45, 7) is 6.39. The molecule has 0 aliphatic carbocycles. The SMILES string of the molecule is Cc1ccc(C(=O)NC(CN)CC(C)C)cc1O. The molecular formula is C14H22N2O2. The molecule has 1 aromatic rings. The molecule has 0 fully saturated rings. The number of nitrogens with two attached hydrogens (primary N) is 1. The van der Waals surface area contributed by atoms with Crippen molar-refractivity contribution in [3.8, 4) is 5.75 Å². The van der Waals surface area contributed by atoms with Gasteiger partial charge in [-0.2, -0.15) is 0 Å². The molecule has 0 aliphatic heterocycles. The third kappa shape index (κ3) is 4.04. The van der Waals surface area contributed by atoms with Crippen LogP contribution in [-0.4, -0.2) is 23.6 Å². The van der Waals surface area contributed by atoms with E-state index in [9.17, 15) is 9.90 Å². The average molecular weight is 250 g/mol. The van der Waals surface area contributed by atoms with Gasteiger partial charge in [0.25, 0.3) is 5.91 Å². The first-order valence-corrected chi connectivity index (χ1v) is 6.24. The van der Waals surface area contributed by atoms with E-state index >= 15 is 0 Å². The highest BCUT2D eigenvalue weighted by Gasteiger charge is 2.14. The zero-order valence-electron chi connectivity index (χ0n) is 11.2. The Morgan fingerprint density at radius 3 is 2.61 bits per heavy atom. The Morgan fingerprint density at radius 1 is 1.44 bits per heavy atom. The molecule has 0 heterocycles. The lowest BCUT2D eigenvalue weighted by Gasteiger charge is -2.19. The van der Waals surface area contributed by atoms with Gasteiger partial charge >= 0.3 is 0 Å². The number of phenols is 1. The minimum Gasteiger partial charge on any atom is -0.508 e. The van der Waals surface area contributed by atoms with Gasteiger partial charge in [0.15, 0.2) is 0 Å². The number of amides is 1. The van der Waals surface area contributed by atoms with Crippen molar-refractivity contribution < 1.29 is 9.90 Å². The molecule has 4 N–H and O–H groups in total. The summed E-state index contributed by atoms with van der Waals surface area (Å²) in [4.78, 5) is 12.0. The van der Waals surface area contributed by atoms with Gasteiger partial charge < -0.3 is 16.2 Å². The second-order valence-electron chi connectivity index (χ2n) is 5.04. The third-order valence-electron chi connectivity index (χ3n) is 2.85. The van der Waals surface area contributed by atoms with Crippen molar-refractivity contribution in [2.24, 2.45) is 11.7 Å². The predicted octanol–water partition coefficient (Wildman–Crippen LogP) is 1.80. The monoisotopic (exact) mass is 250 g/mol. The summed E-state index contributed by atoms with van der Waals surface area (Å²) >= 11 is 0. The summed E-state index contributed by atoms with van der Waals surface area (Å²) in [5.41, 5.74) is 6.85. The van der Waals surface area contributed by atoms with E-state index < -0.39 is 0 Å². The molecule has 0 spiro atoms. The lowest BCUT2D eigenvalue weighted by atomic mass is 10.0. The molecule has 1 rings (SSSR count). The number of benzene rings is 1. The zero-order valence-corrected chi connectivity index (χ0v) is 11.2. The molecule has 0 bridgehead atoms. The van der Waals surface area contributed by atoms with E-state index in [1.165, 1.54) is 6.07 Å². The van der Waals surface area contributed by atoms with Gasteiger partial charge in [-0.1, -0.05) is 19.9 Å².